The van der Waals surface area contributed by atoms with Crippen LogP contribution < -0.4 is 0 Å². The Morgan fingerprint density at radius 2 is 2.20 bits per heavy atom. The Morgan fingerprint density at radius 1 is 1.53 bits per heavy atom. The Balaban J connectivity index is 2.82. The maximum Gasteiger partial charge on any atom is 0.230 e. The summed E-state index contributed by atoms with van der Waals surface area (Å²) in [6.07, 6.45) is -0.737. The largest absolute Gasteiger partial charge is 0.361 e. The molecular weight excluding hydrogens is 218 g/mol. The smallest absolute Gasteiger partial charge is 0.230 e. The van der Waals surface area contributed by atoms with Gasteiger partial charge in [0.25, 0.3) is 0 Å². The fourth-order valence-electron chi connectivity index (χ4n) is 1.23. The third kappa shape index (κ3) is 2.45. The Kier molecular flexibility index (Phi) is 3.64. The van der Waals surface area contributed by atoms with Gasteiger partial charge in [-0.2, -0.15) is 14.8 Å². The lowest BCUT2D eigenvalue weighted by Crippen LogP contribution is -2.47. The van der Waals surface area contributed by atoms with Crippen LogP contribution in [-0.4, -0.2) is 43.8 Å². The molecule has 1 rings (SSSR count). The van der Waals surface area contributed by atoms with Crippen LogP contribution in [0.3, 0.4) is 0 Å². The molecule has 1 aliphatic heterocycles. The highest BCUT2D eigenvalue weighted by atomic mass is 32.2. The summed E-state index contributed by atoms with van der Waals surface area (Å²) in [5, 5.41) is 16.1. The molecule has 2 atom stereocenters. The van der Waals surface area contributed by atoms with Gasteiger partial charge in [0.05, 0.1) is 25.3 Å². The molecule has 0 aromatic rings. The molecule has 6 nitrogen and oxygen atoms in total. The quantitative estimate of drug-likeness (QED) is 0.633. The number of nitrogens with zero attached hydrogens (tertiary/aromatic N) is 3. The average Bonchev–Trinajstić information content (AvgIpc) is 2.27. The summed E-state index contributed by atoms with van der Waals surface area (Å²) in [6.45, 7) is 1.72. The Morgan fingerprint density at radius 3 is 2.73 bits per heavy atom. The van der Waals surface area contributed by atoms with Crippen LogP contribution in [0, 0.1) is 22.7 Å². The van der Waals surface area contributed by atoms with E-state index in [1.165, 1.54) is 6.92 Å². The molecule has 7 heteroatoms. The maximum atomic E-state index is 11.7. The summed E-state index contributed by atoms with van der Waals surface area (Å²) in [5.74, 6) is 0. The Labute approximate surface area is 88.7 Å². The second-order valence-electron chi connectivity index (χ2n) is 3.16. The number of ether oxygens (including phenoxy) is 1. The van der Waals surface area contributed by atoms with Crippen LogP contribution in [0.1, 0.15) is 6.92 Å². The lowest BCUT2D eigenvalue weighted by molar-refractivity contribution is 0.0310. The molecule has 0 aromatic heterocycles. The fraction of sp³-hybridized carbons (Fsp3) is 0.750. The van der Waals surface area contributed by atoms with Crippen LogP contribution in [0.4, 0.5) is 0 Å². The van der Waals surface area contributed by atoms with E-state index in [-0.39, 0.29) is 19.7 Å². The minimum Gasteiger partial charge on any atom is -0.361 e. The summed E-state index contributed by atoms with van der Waals surface area (Å²) in [4.78, 5) is 0. The van der Waals surface area contributed by atoms with Crippen LogP contribution >= 0.6 is 0 Å². The van der Waals surface area contributed by atoms with E-state index in [4.69, 9.17) is 15.3 Å². The zero-order chi connectivity index (χ0) is 11.5. The molecule has 1 fully saturated rings. The molecule has 1 heterocycles. The van der Waals surface area contributed by atoms with Crippen LogP contribution in [0.5, 0.6) is 0 Å². The van der Waals surface area contributed by atoms with Gasteiger partial charge < -0.3 is 4.74 Å². The molecule has 0 radical (unpaired) electrons. The molecular formula is C8H11N3O3S. The standard InChI is InChI=1S/C8H11N3O3S/c1-7(4-9)15(12,13)11-2-3-14-8(5-10)6-11/h7-8H,2-3,6H2,1H3. The van der Waals surface area contributed by atoms with Crippen LogP contribution in [0.2, 0.25) is 0 Å². The maximum absolute atomic E-state index is 11.7. The van der Waals surface area contributed by atoms with Gasteiger partial charge in [0.2, 0.25) is 10.0 Å². The number of nitriles is 2. The monoisotopic (exact) mass is 229 g/mol. The first-order chi connectivity index (χ1) is 7.02. The van der Waals surface area contributed by atoms with Gasteiger partial charge in [-0.15, -0.1) is 0 Å². The van der Waals surface area contributed by atoms with E-state index in [2.05, 4.69) is 0 Å². The molecule has 0 N–H and O–H groups in total. The van der Waals surface area contributed by atoms with E-state index >= 15 is 0 Å². The van der Waals surface area contributed by atoms with Gasteiger partial charge in [-0.25, -0.2) is 8.42 Å². The molecule has 0 saturated carbocycles. The van der Waals surface area contributed by atoms with Crippen molar-refractivity contribution in [2.24, 2.45) is 0 Å². The minimum absolute atomic E-state index is 0.00481. The summed E-state index contributed by atoms with van der Waals surface area (Å²) < 4.78 is 29.6. The van der Waals surface area contributed by atoms with Crippen LogP contribution in [-0.2, 0) is 14.8 Å². The van der Waals surface area contributed by atoms with Gasteiger partial charge in [0, 0.05) is 6.54 Å². The summed E-state index contributed by atoms with van der Waals surface area (Å²) in [6, 6.07) is 3.53. The van der Waals surface area contributed by atoms with E-state index in [1.54, 1.807) is 6.07 Å². The van der Waals surface area contributed by atoms with E-state index < -0.39 is 21.4 Å². The van der Waals surface area contributed by atoms with Crippen molar-refractivity contribution in [3.05, 3.63) is 0 Å². The number of morpholine rings is 1. The second-order valence-corrected chi connectivity index (χ2v) is 5.42. The van der Waals surface area contributed by atoms with Gasteiger partial charge in [-0.1, -0.05) is 0 Å². The van der Waals surface area contributed by atoms with E-state index in [0.29, 0.717) is 0 Å². The highest BCUT2D eigenvalue weighted by Gasteiger charge is 2.33. The van der Waals surface area contributed by atoms with Crippen molar-refractivity contribution < 1.29 is 13.2 Å². The van der Waals surface area contributed by atoms with Crippen LogP contribution in [0.25, 0.3) is 0 Å². The Bertz CT molecular complexity index is 406. The normalized spacial score (nSPS) is 25.1. The molecule has 2 unspecified atom stereocenters. The van der Waals surface area contributed by atoms with Crippen LogP contribution in [0.15, 0.2) is 0 Å². The number of rotatable bonds is 2. The molecule has 0 aliphatic carbocycles. The van der Waals surface area contributed by atoms with E-state index in [1.807, 2.05) is 6.07 Å². The molecule has 82 valence electrons. The van der Waals surface area contributed by atoms with Gasteiger partial charge in [-0.05, 0) is 6.92 Å². The summed E-state index contributed by atoms with van der Waals surface area (Å²) in [5.41, 5.74) is 0. The van der Waals surface area contributed by atoms with Gasteiger partial charge in [0.15, 0.2) is 11.4 Å². The van der Waals surface area contributed by atoms with Gasteiger partial charge in [-0.3, -0.25) is 0 Å². The van der Waals surface area contributed by atoms with Crippen molar-refractivity contribution >= 4 is 10.0 Å². The topological polar surface area (TPSA) is 94.2 Å². The highest BCUT2D eigenvalue weighted by molar-refractivity contribution is 7.89. The molecule has 1 aliphatic rings. The molecule has 15 heavy (non-hydrogen) atoms. The zero-order valence-corrected chi connectivity index (χ0v) is 9.07. The zero-order valence-electron chi connectivity index (χ0n) is 8.25. The van der Waals surface area contributed by atoms with Crippen molar-refractivity contribution in [1.82, 2.24) is 4.31 Å². The predicted octanol–water partition coefficient (Wildman–Crippen LogP) is -0.547. The first kappa shape index (κ1) is 11.9. The van der Waals surface area contributed by atoms with E-state index in [9.17, 15) is 8.42 Å². The number of sulfonamides is 1. The van der Waals surface area contributed by atoms with Crippen molar-refractivity contribution in [3.8, 4) is 12.1 Å². The number of hydrogen-bond donors (Lipinski definition) is 0. The van der Waals surface area contributed by atoms with E-state index in [0.717, 1.165) is 4.31 Å². The molecule has 0 amide bonds. The van der Waals surface area contributed by atoms with Crippen molar-refractivity contribution in [1.29, 1.82) is 10.5 Å². The predicted molar refractivity (Wildman–Crippen MR) is 50.9 cm³/mol. The van der Waals surface area contributed by atoms with Gasteiger partial charge in [0.1, 0.15) is 0 Å². The van der Waals surface area contributed by atoms with Crippen molar-refractivity contribution in [2.75, 3.05) is 19.7 Å². The Hall–Kier alpha value is -1.15. The first-order valence-corrected chi connectivity index (χ1v) is 5.92. The third-order valence-corrected chi connectivity index (χ3v) is 4.21. The average molecular weight is 229 g/mol. The van der Waals surface area contributed by atoms with Crippen molar-refractivity contribution in [2.45, 2.75) is 18.3 Å². The minimum atomic E-state index is -3.61. The lowest BCUT2D eigenvalue weighted by Gasteiger charge is -2.29. The highest BCUT2D eigenvalue weighted by Crippen LogP contribution is 2.13. The second kappa shape index (κ2) is 4.58. The van der Waals surface area contributed by atoms with Crippen molar-refractivity contribution in [3.63, 3.8) is 0 Å². The molecule has 0 bridgehead atoms. The summed E-state index contributed by atoms with van der Waals surface area (Å²) in [7, 11) is -3.61. The SMILES string of the molecule is CC(C#N)S(=O)(=O)N1CCOC(C#N)C1. The first-order valence-electron chi connectivity index (χ1n) is 4.42. The summed E-state index contributed by atoms with van der Waals surface area (Å²) >= 11 is 0. The molecule has 1 saturated heterocycles. The fourth-order valence-corrected chi connectivity index (χ4v) is 2.48. The molecule has 0 spiro atoms. The molecule has 0 aromatic carbocycles. The third-order valence-electron chi connectivity index (χ3n) is 2.16. The number of hydrogen-bond acceptors (Lipinski definition) is 5. The van der Waals surface area contributed by atoms with Gasteiger partial charge >= 0.3 is 0 Å². The lowest BCUT2D eigenvalue weighted by atomic mass is 10.3.